The van der Waals surface area contributed by atoms with E-state index in [9.17, 15) is 8.42 Å². The normalized spacial score (nSPS) is 11.8. The third kappa shape index (κ3) is 3.97. The van der Waals surface area contributed by atoms with Crippen molar-refractivity contribution in [1.82, 2.24) is 4.72 Å². The number of nitrogens with one attached hydrogen (secondary N) is 1. The zero-order valence-corrected chi connectivity index (χ0v) is 12.4. The maximum atomic E-state index is 12.1. The Balaban J connectivity index is 3.09. The molecule has 96 valence electrons. The lowest BCUT2D eigenvalue weighted by Gasteiger charge is -2.12. The van der Waals surface area contributed by atoms with Crippen molar-refractivity contribution in [2.45, 2.75) is 18.7 Å². The van der Waals surface area contributed by atoms with Gasteiger partial charge in [-0.05, 0) is 24.1 Å². The van der Waals surface area contributed by atoms with E-state index in [1.807, 2.05) is 13.8 Å². The molecular weight excluding hydrogens is 306 g/mol. The van der Waals surface area contributed by atoms with Crippen LogP contribution < -0.4 is 9.46 Å². The van der Waals surface area contributed by atoms with E-state index in [2.05, 4.69) is 20.7 Å². The smallest absolute Gasteiger partial charge is 0.244 e. The summed E-state index contributed by atoms with van der Waals surface area (Å²) >= 11 is 3.25. The molecular formula is C11H16BrNO3S. The van der Waals surface area contributed by atoms with Crippen molar-refractivity contribution in [2.24, 2.45) is 5.92 Å². The van der Waals surface area contributed by atoms with Gasteiger partial charge in [0.05, 0.1) is 7.11 Å². The number of rotatable bonds is 5. The zero-order chi connectivity index (χ0) is 13.1. The molecule has 0 heterocycles. The van der Waals surface area contributed by atoms with Gasteiger partial charge in [-0.2, -0.15) is 0 Å². The van der Waals surface area contributed by atoms with Gasteiger partial charge in [-0.3, -0.25) is 0 Å². The van der Waals surface area contributed by atoms with E-state index in [0.29, 0.717) is 16.8 Å². The van der Waals surface area contributed by atoms with Gasteiger partial charge >= 0.3 is 0 Å². The maximum Gasteiger partial charge on any atom is 0.244 e. The summed E-state index contributed by atoms with van der Waals surface area (Å²) < 4.78 is 32.4. The Morgan fingerprint density at radius 3 is 2.59 bits per heavy atom. The molecule has 0 aliphatic rings. The van der Waals surface area contributed by atoms with Gasteiger partial charge in [0, 0.05) is 11.0 Å². The molecule has 0 spiro atoms. The fourth-order valence-corrected chi connectivity index (χ4v) is 3.13. The van der Waals surface area contributed by atoms with Crippen LogP contribution in [0.2, 0.25) is 0 Å². The monoisotopic (exact) mass is 321 g/mol. The molecule has 6 heteroatoms. The molecule has 1 rings (SSSR count). The summed E-state index contributed by atoms with van der Waals surface area (Å²) in [4.78, 5) is 0.148. The minimum absolute atomic E-state index is 0.148. The van der Waals surface area contributed by atoms with Crippen molar-refractivity contribution >= 4 is 26.0 Å². The van der Waals surface area contributed by atoms with Crippen molar-refractivity contribution in [3.05, 3.63) is 22.7 Å². The van der Waals surface area contributed by atoms with Gasteiger partial charge in [-0.25, -0.2) is 13.1 Å². The average molecular weight is 322 g/mol. The standard InChI is InChI=1S/C11H16BrNO3S/c1-8(2)7-13-17(14,15)11-6-9(12)4-5-10(11)16-3/h4-6,8,13H,7H2,1-3H3. The SMILES string of the molecule is COc1ccc(Br)cc1S(=O)(=O)NCC(C)C. The van der Waals surface area contributed by atoms with Gasteiger partial charge in [-0.15, -0.1) is 0 Å². The van der Waals surface area contributed by atoms with Crippen molar-refractivity contribution in [3.63, 3.8) is 0 Å². The van der Waals surface area contributed by atoms with E-state index >= 15 is 0 Å². The van der Waals surface area contributed by atoms with E-state index in [-0.39, 0.29) is 10.8 Å². The fourth-order valence-electron chi connectivity index (χ4n) is 1.21. The molecule has 0 bridgehead atoms. The van der Waals surface area contributed by atoms with Gasteiger partial charge < -0.3 is 4.74 Å². The van der Waals surface area contributed by atoms with Gasteiger partial charge in [0.1, 0.15) is 10.6 Å². The molecule has 0 amide bonds. The quantitative estimate of drug-likeness (QED) is 0.906. The molecule has 1 aromatic rings. The first-order valence-electron chi connectivity index (χ1n) is 5.20. The van der Waals surface area contributed by atoms with Crippen LogP contribution in [0.3, 0.4) is 0 Å². The van der Waals surface area contributed by atoms with Gasteiger partial charge in [0.2, 0.25) is 10.0 Å². The molecule has 0 aromatic heterocycles. The van der Waals surface area contributed by atoms with Crippen LogP contribution in [0.5, 0.6) is 5.75 Å². The Morgan fingerprint density at radius 2 is 2.06 bits per heavy atom. The third-order valence-electron chi connectivity index (χ3n) is 2.10. The van der Waals surface area contributed by atoms with E-state index in [4.69, 9.17) is 4.74 Å². The van der Waals surface area contributed by atoms with Crippen LogP contribution in [-0.4, -0.2) is 22.1 Å². The van der Waals surface area contributed by atoms with Crippen LogP contribution in [0.4, 0.5) is 0 Å². The van der Waals surface area contributed by atoms with Gasteiger partial charge in [-0.1, -0.05) is 29.8 Å². The van der Waals surface area contributed by atoms with E-state index < -0.39 is 10.0 Å². The molecule has 17 heavy (non-hydrogen) atoms. The first-order valence-corrected chi connectivity index (χ1v) is 7.47. The van der Waals surface area contributed by atoms with Crippen LogP contribution >= 0.6 is 15.9 Å². The second kappa shape index (κ2) is 5.84. The predicted molar refractivity (Wildman–Crippen MR) is 70.7 cm³/mol. The Morgan fingerprint density at radius 1 is 1.41 bits per heavy atom. The van der Waals surface area contributed by atoms with Crippen molar-refractivity contribution < 1.29 is 13.2 Å². The van der Waals surface area contributed by atoms with Crippen LogP contribution in [-0.2, 0) is 10.0 Å². The largest absolute Gasteiger partial charge is 0.495 e. The summed E-state index contributed by atoms with van der Waals surface area (Å²) in [6.07, 6.45) is 0. The topological polar surface area (TPSA) is 55.4 Å². The predicted octanol–water partition coefficient (Wildman–Crippen LogP) is 2.39. The number of hydrogen-bond donors (Lipinski definition) is 1. The molecule has 1 N–H and O–H groups in total. The van der Waals surface area contributed by atoms with Crippen LogP contribution in [0, 0.1) is 5.92 Å². The molecule has 0 saturated carbocycles. The lowest BCUT2D eigenvalue weighted by molar-refractivity contribution is 0.402. The first-order chi connectivity index (χ1) is 7.86. The Labute approximate surface area is 111 Å². The first kappa shape index (κ1) is 14.5. The Kier molecular flexibility index (Phi) is 4.97. The fraction of sp³-hybridized carbons (Fsp3) is 0.455. The number of benzene rings is 1. The number of methoxy groups -OCH3 is 1. The summed E-state index contributed by atoms with van der Waals surface area (Å²) in [5, 5.41) is 0. The summed E-state index contributed by atoms with van der Waals surface area (Å²) in [5.74, 6) is 0.590. The van der Waals surface area contributed by atoms with E-state index in [1.54, 1.807) is 12.1 Å². The van der Waals surface area contributed by atoms with Gasteiger partial charge in [0.25, 0.3) is 0 Å². The van der Waals surface area contributed by atoms with Crippen molar-refractivity contribution in [2.75, 3.05) is 13.7 Å². The van der Waals surface area contributed by atoms with Crippen molar-refractivity contribution in [3.8, 4) is 5.75 Å². The molecule has 0 radical (unpaired) electrons. The molecule has 0 aliphatic carbocycles. The van der Waals surface area contributed by atoms with E-state index in [0.717, 1.165) is 0 Å². The lowest BCUT2D eigenvalue weighted by Crippen LogP contribution is -2.27. The highest BCUT2D eigenvalue weighted by Crippen LogP contribution is 2.27. The lowest BCUT2D eigenvalue weighted by atomic mass is 10.2. The minimum Gasteiger partial charge on any atom is -0.495 e. The summed E-state index contributed by atoms with van der Waals surface area (Å²) in [6.45, 7) is 4.29. The van der Waals surface area contributed by atoms with Crippen molar-refractivity contribution in [1.29, 1.82) is 0 Å². The highest BCUT2D eigenvalue weighted by atomic mass is 79.9. The molecule has 0 atom stereocenters. The number of ether oxygens (including phenoxy) is 1. The Hall–Kier alpha value is -0.590. The van der Waals surface area contributed by atoms with Gasteiger partial charge in [0.15, 0.2) is 0 Å². The molecule has 0 saturated heterocycles. The molecule has 0 unspecified atom stereocenters. The number of halogens is 1. The number of hydrogen-bond acceptors (Lipinski definition) is 3. The highest BCUT2D eigenvalue weighted by Gasteiger charge is 2.19. The summed E-state index contributed by atoms with van der Waals surface area (Å²) in [5.41, 5.74) is 0. The second-order valence-corrected chi connectivity index (χ2v) is 6.69. The van der Waals surface area contributed by atoms with E-state index in [1.165, 1.54) is 13.2 Å². The molecule has 0 aliphatic heterocycles. The second-order valence-electron chi connectivity index (χ2n) is 4.04. The average Bonchev–Trinajstić information content (AvgIpc) is 2.26. The van der Waals surface area contributed by atoms with Crippen LogP contribution in [0.25, 0.3) is 0 Å². The molecule has 4 nitrogen and oxygen atoms in total. The zero-order valence-electron chi connectivity index (χ0n) is 10.0. The minimum atomic E-state index is -3.53. The third-order valence-corrected chi connectivity index (χ3v) is 4.03. The maximum absolute atomic E-state index is 12.1. The number of sulfonamides is 1. The van der Waals surface area contributed by atoms with Crippen LogP contribution in [0.15, 0.2) is 27.6 Å². The summed E-state index contributed by atoms with van der Waals surface area (Å²) in [7, 11) is -2.08. The molecule has 0 fully saturated rings. The highest BCUT2D eigenvalue weighted by molar-refractivity contribution is 9.10. The molecule has 1 aromatic carbocycles. The Bertz CT molecular complexity index is 485. The van der Waals surface area contributed by atoms with Crippen LogP contribution in [0.1, 0.15) is 13.8 Å². The summed E-state index contributed by atoms with van der Waals surface area (Å²) in [6, 6.07) is 4.88.